The molecule has 0 aliphatic carbocycles. The number of nitro benzene ring substituents is 1. The van der Waals surface area contributed by atoms with Crippen LogP contribution in [0.3, 0.4) is 0 Å². The van der Waals surface area contributed by atoms with Gasteiger partial charge in [-0.3, -0.25) is 14.9 Å². The summed E-state index contributed by atoms with van der Waals surface area (Å²) in [5.41, 5.74) is 1.72. The molecule has 0 spiro atoms. The minimum atomic E-state index is -0.435. The molecule has 0 atom stereocenters. The lowest BCUT2D eigenvalue weighted by Crippen LogP contribution is -2.36. The summed E-state index contributed by atoms with van der Waals surface area (Å²) in [4.78, 5) is 25.2. The Labute approximate surface area is 158 Å². The second kappa shape index (κ2) is 7.79. The SMILES string of the molecule is O=C(Nc1ccc([N+](=O)[O-])cc1N1CCOCC1)c1cccc(I)c1. The van der Waals surface area contributed by atoms with Gasteiger partial charge in [0.15, 0.2) is 0 Å². The van der Waals surface area contributed by atoms with Crippen LogP contribution in [0, 0.1) is 13.7 Å². The maximum absolute atomic E-state index is 12.5. The van der Waals surface area contributed by atoms with Gasteiger partial charge in [0.1, 0.15) is 0 Å². The molecular weight excluding hydrogens is 437 g/mol. The molecule has 0 saturated carbocycles. The maximum Gasteiger partial charge on any atom is 0.271 e. The second-order valence-corrected chi connectivity index (χ2v) is 6.77. The molecule has 25 heavy (non-hydrogen) atoms. The first-order valence-corrected chi connectivity index (χ1v) is 8.80. The first-order valence-electron chi connectivity index (χ1n) is 7.72. The standard InChI is InChI=1S/C17H16IN3O4/c18-13-3-1-2-12(10-13)17(22)19-15-5-4-14(21(23)24)11-16(15)20-6-8-25-9-7-20/h1-5,10-11H,6-9H2,(H,19,22). The minimum Gasteiger partial charge on any atom is -0.378 e. The van der Waals surface area contributed by atoms with E-state index in [1.807, 2.05) is 17.0 Å². The zero-order chi connectivity index (χ0) is 17.8. The van der Waals surface area contributed by atoms with Crippen LogP contribution in [-0.4, -0.2) is 37.1 Å². The lowest BCUT2D eigenvalue weighted by atomic mass is 10.1. The molecule has 1 N–H and O–H groups in total. The molecule has 1 fully saturated rings. The number of carbonyl (C=O) groups is 1. The van der Waals surface area contributed by atoms with Crippen LogP contribution in [0.15, 0.2) is 42.5 Å². The zero-order valence-corrected chi connectivity index (χ0v) is 15.4. The van der Waals surface area contributed by atoms with Gasteiger partial charge in [0.25, 0.3) is 11.6 Å². The van der Waals surface area contributed by atoms with E-state index in [4.69, 9.17) is 4.74 Å². The quantitative estimate of drug-likeness (QED) is 0.437. The van der Waals surface area contributed by atoms with E-state index in [-0.39, 0.29) is 11.6 Å². The van der Waals surface area contributed by atoms with Gasteiger partial charge in [-0.2, -0.15) is 0 Å². The molecule has 2 aromatic rings. The summed E-state index contributed by atoms with van der Waals surface area (Å²) in [6, 6.07) is 11.7. The summed E-state index contributed by atoms with van der Waals surface area (Å²) in [5, 5.41) is 14.0. The highest BCUT2D eigenvalue weighted by atomic mass is 127. The Balaban J connectivity index is 1.91. The largest absolute Gasteiger partial charge is 0.378 e. The van der Waals surface area contributed by atoms with Crippen molar-refractivity contribution in [3.05, 3.63) is 61.7 Å². The maximum atomic E-state index is 12.5. The van der Waals surface area contributed by atoms with Crippen molar-refractivity contribution in [3.63, 3.8) is 0 Å². The summed E-state index contributed by atoms with van der Waals surface area (Å²) in [5.74, 6) is -0.248. The third-order valence-electron chi connectivity index (χ3n) is 3.88. The summed E-state index contributed by atoms with van der Waals surface area (Å²) in [7, 11) is 0. The van der Waals surface area contributed by atoms with Gasteiger partial charge in [-0.25, -0.2) is 0 Å². The van der Waals surface area contributed by atoms with E-state index in [9.17, 15) is 14.9 Å². The van der Waals surface area contributed by atoms with Crippen molar-refractivity contribution >= 4 is 45.6 Å². The number of hydrogen-bond acceptors (Lipinski definition) is 5. The summed E-state index contributed by atoms with van der Waals surface area (Å²) < 4.78 is 6.30. The molecule has 130 valence electrons. The number of halogens is 1. The number of nitrogens with zero attached hydrogens (tertiary/aromatic N) is 2. The van der Waals surface area contributed by atoms with Gasteiger partial charge in [0.2, 0.25) is 0 Å². The van der Waals surface area contributed by atoms with Crippen LogP contribution in [0.2, 0.25) is 0 Å². The van der Waals surface area contributed by atoms with Crippen LogP contribution in [-0.2, 0) is 4.74 Å². The summed E-state index contributed by atoms with van der Waals surface area (Å²) in [6.45, 7) is 2.33. The number of morpholine rings is 1. The Kier molecular flexibility index (Phi) is 5.49. The first-order chi connectivity index (χ1) is 12.0. The van der Waals surface area contributed by atoms with Crippen molar-refractivity contribution < 1.29 is 14.5 Å². The number of benzene rings is 2. The molecule has 0 unspecified atom stereocenters. The van der Waals surface area contributed by atoms with Crippen molar-refractivity contribution in [3.8, 4) is 0 Å². The van der Waals surface area contributed by atoms with Gasteiger partial charge >= 0.3 is 0 Å². The fraction of sp³-hybridized carbons (Fsp3) is 0.235. The number of non-ortho nitro benzene ring substituents is 1. The summed E-state index contributed by atoms with van der Waals surface area (Å²) >= 11 is 2.15. The van der Waals surface area contributed by atoms with E-state index in [0.29, 0.717) is 43.2 Å². The van der Waals surface area contributed by atoms with E-state index in [1.165, 1.54) is 12.1 Å². The highest BCUT2D eigenvalue weighted by Crippen LogP contribution is 2.31. The third-order valence-corrected chi connectivity index (χ3v) is 4.55. The van der Waals surface area contributed by atoms with E-state index in [0.717, 1.165) is 3.57 Å². The van der Waals surface area contributed by atoms with Crippen LogP contribution < -0.4 is 10.2 Å². The Morgan fingerprint density at radius 3 is 2.64 bits per heavy atom. The second-order valence-electron chi connectivity index (χ2n) is 5.52. The van der Waals surface area contributed by atoms with Crippen LogP contribution in [0.25, 0.3) is 0 Å². The monoisotopic (exact) mass is 453 g/mol. The fourth-order valence-corrected chi connectivity index (χ4v) is 3.17. The number of carbonyl (C=O) groups excluding carboxylic acids is 1. The van der Waals surface area contributed by atoms with Crippen molar-refractivity contribution in [1.82, 2.24) is 0 Å². The minimum absolute atomic E-state index is 0.00579. The van der Waals surface area contributed by atoms with Crippen LogP contribution in [0.5, 0.6) is 0 Å². The highest BCUT2D eigenvalue weighted by molar-refractivity contribution is 14.1. The normalized spacial score (nSPS) is 14.2. The molecular formula is C17H16IN3O4. The van der Waals surface area contributed by atoms with Crippen LogP contribution in [0.1, 0.15) is 10.4 Å². The molecule has 2 aromatic carbocycles. The van der Waals surface area contributed by atoms with E-state index in [2.05, 4.69) is 27.9 Å². The number of ether oxygens (including phenoxy) is 1. The predicted octanol–water partition coefficient (Wildman–Crippen LogP) is 3.29. The Bertz CT molecular complexity index is 806. The average Bonchev–Trinajstić information content (AvgIpc) is 2.62. The molecule has 1 saturated heterocycles. The van der Waals surface area contributed by atoms with Crippen molar-refractivity contribution in [1.29, 1.82) is 0 Å². The van der Waals surface area contributed by atoms with Gasteiger partial charge in [-0.15, -0.1) is 0 Å². The molecule has 0 bridgehead atoms. The molecule has 1 aliphatic rings. The lowest BCUT2D eigenvalue weighted by molar-refractivity contribution is -0.384. The number of anilines is 2. The van der Waals surface area contributed by atoms with E-state index < -0.39 is 4.92 Å². The molecule has 7 nitrogen and oxygen atoms in total. The molecule has 8 heteroatoms. The first kappa shape index (κ1) is 17.6. The Morgan fingerprint density at radius 1 is 1.20 bits per heavy atom. The van der Waals surface area contributed by atoms with E-state index in [1.54, 1.807) is 18.2 Å². The highest BCUT2D eigenvalue weighted by Gasteiger charge is 2.20. The number of amides is 1. The molecule has 0 radical (unpaired) electrons. The average molecular weight is 453 g/mol. The van der Waals surface area contributed by atoms with Gasteiger partial charge in [-0.1, -0.05) is 6.07 Å². The molecule has 1 aliphatic heterocycles. The van der Waals surface area contributed by atoms with Crippen molar-refractivity contribution in [2.75, 3.05) is 36.5 Å². The van der Waals surface area contributed by atoms with Gasteiger partial charge in [0, 0.05) is 34.4 Å². The van der Waals surface area contributed by atoms with Gasteiger partial charge in [0.05, 0.1) is 29.5 Å². The smallest absolute Gasteiger partial charge is 0.271 e. The molecule has 1 heterocycles. The van der Waals surface area contributed by atoms with Crippen molar-refractivity contribution in [2.24, 2.45) is 0 Å². The number of nitrogens with one attached hydrogen (secondary N) is 1. The van der Waals surface area contributed by atoms with Crippen molar-refractivity contribution in [2.45, 2.75) is 0 Å². The lowest BCUT2D eigenvalue weighted by Gasteiger charge is -2.30. The van der Waals surface area contributed by atoms with Crippen LogP contribution in [0.4, 0.5) is 17.1 Å². The van der Waals surface area contributed by atoms with E-state index >= 15 is 0 Å². The summed E-state index contributed by atoms with van der Waals surface area (Å²) in [6.07, 6.45) is 0. The topological polar surface area (TPSA) is 84.7 Å². The van der Waals surface area contributed by atoms with Gasteiger partial charge in [-0.05, 0) is 46.9 Å². The Morgan fingerprint density at radius 2 is 1.96 bits per heavy atom. The molecule has 3 rings (SSSR count). The molecule has 1 amide bonds. The van der Waals surface area contributed by atoms with Gasteiger partial charge < -0.3 is 15.0 Å². The third kappa shape index (κ3) is 4.26. The number of hydrogen-bond donors (Lipinski definition) is 1. The molecule has 0 aromatic heterocycles. The van der Waals surface area contributed by atoms with Crippen LogP contribution >= 0.6 is 22.6 Å². The number of rotatable bonds is 4. The predicted molar refractivity (Wildman–Crippen MR) is 103 cm³/mol. The number of nitro groups is 1. The Hall–Kier alpha value is -2.20. The zero-order valence-electron chi connectivity index (χ0n) is 13.3. The fourth-order valence-electron chi connectivity index (χ4n) is 2.63.